The lowest BCUT2D eigenvalue weighted by atomic mass is 10.1. The number of anilines is 1. The van der Waals surface area contributed by atoms with E-state index in [-0.39, 0.29) is 5.91 Å². The summed E-state index contributed by atoms with van der Waals surface area (Å²) in [5.41, 5.74) is 3.05. The minimum Gasteiger partial charge on any atom is -0.313 e. The summed E-state index contributed by atoms with van der Waals surface area (Å²) < 4.78 is 2.41. The van der Waals surface area contributed by atoms with Crippen molar-refractivity contribution in [1.82, 2.24) is 14.8 Å². The zero-order valence-corrected chi connectivity index (χ0v) is 15.8. The van der Waals surface area contributed by atoms with E-state index in [1.165, 1.54) is 0 Å². The molecule has 0 atom stereocenters. The zero-order chi connectivity index (χ0) is 18.5. The average Bonchev–Trinajstić information content (AvgIpc) is 3.02. The third-order valence-corrected chi connectivity index (χ3v) is 4.58. The Morgan fingerprint density at radius 1 is 1.19 bits per heavy atom. The van der Waals surface area contributed by atoms with Crippen LogP contribution in [0.2, 0.25) is 0 Å². The highest BCUT2D eigenvalue weighted by Gasteiger charge is 2.16. The predicted octanol–water partition coefficient (Wildman–Crippen LogP) is 4.36. The maximum Gasteiger partial charge on any atom is 0.228 e. The highest BCUT2D eigenvalue weighted by molar-refractivity contribution is 7.71. The molecule has 3 rings (SSSR count). The summed E-state index contributed by atoms with van der Waals surface area (Å²) in [7, 11) is 0. The van der Waals surface area contributed by atoms with Crippen molar-refractivity contribution in [3.05, 3.63) is 64.9 Å². The maximum atomic E-state index is 12.7. The molecule has 0 bridgehead atoms. The quantitative estimate of drug-likeness (QED) is 0.660. The third-order valence-electron chi connectivity index (χ3n) is 4.27. The van der Waals surface area contributed by atoms with E-state index in [1.807, 2.05) is 66.9 Å². The van der Waals surface area contributed by atoms with Crippen LogP contribution in [0.5, 0.6) is 0 Å². The molecule has 0 radical (unpaired) electrons. The van der Waals surface area contributed by atoms with Crippen LogP contribution in [0.1, 0.15) is 18.9 Å². The number of rotatable bonds is 6. The Kier molecular flexibility index (Phi) is 5.63. The molecule has 1 aromatic heterocycles. The summed E-state index contributed by atoms with van der Waals surface area (Å²) in [4.78, 5) is 14.5. The van der Waals surface area contributed by atoms with Crippen LogP contribution in [-0.2, 0) is 11.3 Å². The lowest BCUT2D eigenvalue weighted by molar-refractivity contribution is -0.118. The van der Waals surface area contributed by atoms with Gasteiger partial charge < -0.3 is 4.90 Å². The van der Waals surface area contributed by atoms with Crippen LogP contribution in [0, 0.1) is 11.7 Å². The first-order valence-corrected chi connectivity index (χ1v) is 9.08. The van der Waals surface area contributed by atoms with Gasteiger partial charge in [0, 0.05) is 30.8 Å². The van der Waals surface area contributed by atoms with Crippen molar-refractivity contribution in [1.29, 1.82) is 0 Å². The molecule has 0 unspecified atom stereocenters. The van der Waals surface area contributed by atoms with Gasteiger partial charge in [0.15, 0.2) is 10.6 Å². The number of amides is 1. The van der Waals surface area contributed by atoms with E-state index in [0.717, 1.165) is 22.6 Å². The first-order chi connectivity index (χ1) is 12.6. The fourth-order valence-electron chi connectivity index (χ4n) is 2.98. The van der Waals surface area contributed by atoms with Gasteiger partial charge in [-0.25, -0.2) is 0 Å². The number of hydrogen-bond acceptors (Lipinski definition) is 3. The number of carbonyl (C=O) groups is 1. The molecule has 0 aliphatic carbocycles. The molecule has 0 aliphatic rings. The standard InChI is InChI=1S/C20H22N4OS/c1-3-23(17-10-5-4-6-11-17)18(25)12-13-24-19(21-22-20(24)26)16-9-7-8-15(2)14-16/h4-11,14H,3,12-13H2,1-2H3,(H,22,26). The van der Waals surface area contributed by atoms with Crippen LogP contribution >= 0.6 is 12.2 Å². The number of nitrogens with one attached hydrogen (secondary N) is 1. The summed E-state index contributed by atoms with van der Waals surface area (Å²) in [6.07, 6.45) is 0.357. The number of para-hydroxylation sites is 1. The summed E-state index contributed by atoms with van der Waals surface area (Å²) in [6.45, 7) is 5.13. The Bertz CT molecular complexity index is 946. The fourth-order valence-corrected chi connectivity index (χ4v) is 3.21. The lowest BCUT2D eigenvalue weighted by Gasteiger charge is -2.21. The van der Waals surface area contributed by atoms with Gasteiger partial charge in [0.05, 0.1) is 0 Å². The maximum absolute atomic E-state index is 12.7. The number of benzene rings is 2. The van der Waals surface area contributed by atoms with E-state index in [1.54, 1.807) is 4.90 Å². The number of aromatic nitrogens is 3. The number of aromatic amines is 1. The van der Waals surface area contributed by atoms with Gasteiger partial charge in [-0.3, -0.25) is 14.5 Å². The number of aryl methyl sites for hydroxylation is 1. The van der Waals surface area contributed by atoms with E-state index < -0.39 is 0 Å². The molecule has 0 saturated heterocycles. The predicted molar refractivity (Wildman–Crippen MR) is 107 cm³/mol. The van der Waals surface area contributed by atoms with Gasteiger partial charge in [-0.1, -0.05) is 42.0 Å². The van der Waals surface area contributed by atoms with Crippen molar-refractivity contribution in [3.63, 3.8) is 0 Å². The number of hydrogen-bond donors (Lipinski definition) is 1. The topological polar surface area (TPSA) is 53.9 Å². The van der Waals surface area contributed by atoms with Gasteiger partial charge >= 0.3 is 0 Å². The second-order valence-electron chi connectivity index (χ2n) is 6.10. The summed E-state index contributed by atoms with van der Waals surface area (Å²) in [5.74, 6) is 0.825. The Morgan fingerprint density at radius 3 is 2.65 bits per heavy atom. The molecule has 0 fully saturated rings. The molecule has 0 aliphatic heterocycles. The minimum absolute atomic E-state index is 0.0667. The van der Waals surface area contributed by atoms with Crippen LogP contribution in [0.25, 0.3) is 11.4 Å². The smallest absolute Gasteiger partial charge is 0.228 e. The number of carbonyl (C=O) groups excluding carboxylic acids is 1. The molecular weight excluding hydrogens is 344 g/mol. The average molecular weight is 366 g/mol. The van der Waals surface area contributed by atoms with Crippen LogP contribution in [0.15, 0.2) is 54.6 Å². The van der Waals surface area contributed by atoms with Crippen LogP contribution in [0.3, 0.4) is 0 Å². The molecule has 3 aromatic rings. The highest BCUT2D eigenvalue weighted by atomic mass is 32.1. The zero-order valence-electron chi connectivity index (χ0n) is 15.0. The van der Waals surface area contributed by atoms with E-state index in [2.05, 4.69) is 16.3 Å². The van der Waals surface area contributed by atoms with Crippen molar-refractivity contribution < 1.29 is 4.79 Å². The first-order valence-electron chi connectivity index (χ1n) is 8.68. The third kappa shape index (κ3) is 3.91. The molecule has 0 saturated carbocycles. The largest absolute Gasteiger partial charge is 0.313 e. The van der Waals surface area contributed by atoms with Crippen molar-refractivity contribution in [2.24, 2.45) is 0 Å². The SMILES string of the molecule is CCN(C(=O)CCn1c(-c2cccc(C)c2)n[nH]c1=S)c1ccccc1. The number of nitrogens with zero attached hydrogens (tertiary/aromatic N) is 3. The molecule has 1 heterocycles. The fraction of sp³-hybridized carbons (Fsp3) is 0.250. The van der Waals surface area contributed by atoms with Crippen LogP contribution in [0.4, 0.5) is 5.69 Å². The molecular formula is C20H22N4OS. The van der Waals surface area contributed by atoms with Gasteiger partial charge in [0.25, 0.3) is 0 Å². The Balaban J connectivity index is 1.79. The lowest BCUT2D eigenvalue weighted by Crippen LogP contribution is -2.31. The molecule has 6 heteroatoms. The van der Waals surface area contributed by atoms with E-state index in [0.29, 0.717) is 24.3 Å². The molecule has 2 aromatic carbocycles. The van der Waals surface area contributed by atoms with E-state index in [4.69, 9.17) is 12.2 Å². The van der Waals surface area contributed by atoms with Crippen molar-refractivity contribution in [2.45, 2.75) is 26.8 Å². The van der Waals surface area contributed by atoms with Crippen LogP contribution < -0.4 is 4.90 Å². The monoisotopic (exact) mass is 366 g/mol. The molecule has 5 nitrogen and oxygen atoms in total. The van der Waals surface area contributed by atoms with Gasteiger partial charge in [-0.05, 0) is 44.3 Å². The highest BCUT2D eigenvalue weighted by Crippen LogP contribution is 2.20. The molecule has 134 valence electrons. The Hall–Kier alpha value is -2.73. The molecule has 1 amide bonds. The van der Waals surface area contributed by atoms with Gasteiger partial charge in [-0.15, -0.1) is 0 Å². The number of H-pyrrole nitrogens is 1. The Labute approximate surface area is 158 Å². The minimum atomic E-state index is 0.0667. The summed E-state index contributed by atoms with van der Waals surface area (Å²) >= 11 is 5.37. The van der Waals surface area contributed by atoms with Gasteiger partial charge in [0.1, 0.15) is 0 Å². The van der Waals surface area contributed by atoms with Crippen molar-refractivity contribution in [3.8, 4) is 11.4 Å². The second-order valence-corrected chi connectivity index (χ2v) is 6.48. The van der Waals surface area contributed by atoms with Gasteiger partial charge in [0.2, 0.25) is 5.91 Å². The molecule has 1 N–H and O–H groups in total. The first kappa shape index (κ1) is 18.1. The van der Waals surface area contributed by atoms with Crippen molar-refractivity contribution in [2.75, 3.05) is 11.4 Å². The van der Waals surface area contributed by atoms with E-state index >= 15 is 0 Å². The molecule has 26 heavy (non-hydrogen) atoms. The normalized spacial score (nSPS) is 10.7. The summed E-state index contributed by atoms with van der Waals surface area (Å²) in [5, 5.41) is 7.19. The molecule has 0 spiro atoms. The van der Waals surface area contributed by atoms with Gasteiger partial charge in [-0.2, -0.15) is 5.10 Å². The van der Waals surface area contributed by atoms with Crippen molar-refractivity contribution >= 4 is 23.8 Å². The van der Waals surface area contributed by atoms with E-state index in [9.17, 15) is 4.79 Å². The summed E-state index contributed by atoms with van der Waals surface area (Å²) in [6, 6.07) is 17.8. The Morgan fingerprint density at radius 2 is 1.96 bits per heavy atom. The second kappa shape index (κ2) is 8.10. The van der Waals surface area contributed by atoms with Crippen LogP contribution in [-0.4, -0.2) is 27.2 Å².